The van der Waals surface area contributed by atoms with E-state index in [1.807, 2.05) is 13.8 Å². The Kier molecular flexibility index (Phi) is 9.57. The number of rotatable bonds is 9. The lowest BCUT2D eigenvalue weighted by Gasteiger charge is -2.34. The molecule has 22 heavy (non-hydrogen) atoms. The van der Waals surface area contributed by atoms with Crippen LogP contribution in [0.1, 0.15) is 26.7 Å². The highest BCUT2D eigenvalue weighted by Gasteiger charge is 2.21. The summed E-state index contributed by atoms with van der Waals surface area (Å²) in [5.41, 5.74) is 0. The Bertz CT molecular complexity index is 331. The minimum absolute atomic E-state index is 0.0217. The van der Waals surface area contributed by atoms with Crippen molar-refractivity contribution in [2.75, 3.05) is 59.0 Å². The highest BCUT2D eigenvalue weighted by Crippen LogP contribution is 2.01. The third-order valence-corrected chi connectivity index (χ3v) is 3.54. The second kappa shape index (κ2) is 11.3. The van der Waals surface area contributed by atoms with Crippen LogP contribution in [0.15, 0.2) is 0 Å². The molecule has 1 rings (SSSR count). The van der Waals surface area contributed by atoms with Crippen molar-refractivity contribution in [2.45, 2.75) is 26.7 Å². The summed E-state index contributed by atoms with van der Waals surface area (Å²) in [6, 6.07) is -0.0217. The molecule has 128 valence electrons. The van der Waals surface area contributed by atoms with Gasteiger partial charge in [-0.15, -0.1) is 0 Å². The number of nitrogens with zero attached hydrogens (tertiary/aromatic N) is 2. The van der Waals surface area contributed by atoms with Gasteiger partial charge in [0.25, 0.3) is 0 Å². The van der Waals surface area contributed by atoms with E-state index in [4.69, 9.17) is 4.74 Å². The molecule has 0 bridgehead atoms. The summed E-state index contributed by atoms with van der Waals surface area (Å²) < 4.78 is 5.23. The number of piperazine rings is 1. The molecule has 0 radical (unpaired) electrons. The molecule has 7 heteroatoms. The first-order valence-corrected chi connectivity index (χ1v) is 8.27. The zero-order valence-electron chi connectivity index (χ0n) is 13.9. The number of ether oxygens (including phenoxy) is 1. The first kappa shape index (κ1) is 18.7. The fraction of sp³-hybridized carbons (Fsp3) is 0.867. The predicted octanol–water partition coefficient (Wildman–Crippen LogP) is 0.266. The van der Waals surface area contributed by atoms with Crippen LogP contribution < -0.4 is 10.6 Å². The van der Waals surface area contributed by atoms with E-state index in [2.05, 4.69) is 15.5 Å². The van der Waals surface area contributed by atoms with Crippen LogP contribution >= 0.6 is 0 Å². The minimum atomic E-state index is -0.0217. The van der Waals surface area contributed by atoms with Crippen molar-refractivity contribution in [3.8, 4) is 0 Å². The van der Waals surface area contributed by atoms with Gasteiger partial charge in [-0.2, -0.15) is 0 Å². The molecule has 0 unspecified atom stereocenters. The quantitative estimate of drug-likeness (QED) is 0.599. The lowest BCUT2D eigenvalue weighted by atomic mass is 10.3. The number of hydrogen-bond acceptors (Lipinski definition) is 4. The fourth-order valence-corrected chi connectivity index (χ4v) is 2.26. The molecule has 2 N–H and O–H groups in total. The van der Waals surface area contributed by atoms with Crippen molar-refractivity contribution >= 4 is 11.9 Å². The molecule has 1 aliphatic heterocycles. The summed E-state index contributed by atoms with van der Waals surface area (Å²) in [7, 11) is 0. The Labute approximate surface area is 133 Å². The first-order valence-electron chi connectivity index (χ1n) is 8.27. The van der Waals surface area contributed by atoms with Gasteiger partial charge in [-0.1, -0.05) is 6.92 Å². The molecule has 3 amide bonds. The standard InChI is InChI=1S/C15H30N4O3/c1-3-6-16-14(20)13-18-8-10-19(11-9-18)15(21)17-7-5-12-22-4-2/h3-13H2,1-2H3,(H,16,20)(H,17,21). The summed E-state index contributed by atoms with van der Waals surface area (Å²) in [5, 5.41) is 5.78. The molecular weight excluding hydrogens is 284 g/mol. The molecule has 0 spiro atoms. The van der Waals surface area contributed by atoms with Crippen molar-refractivity contribution in [3.63, 3.8) is 0 Å². The molecular formula is C15H30N4O3. The van der Waals surface area contributed by atoms with Crippen molar-refractivity contribution in [2.24, 2.45) is 0 Å². The largest absolute Gasteiger partial charge is 0.382 e. The Morgan fingerprint density at radius 1 is 1.05 bits per heavy atom. The number of nitrogens with one attached hydrogen (secondary N) is 2. The maximum atomic E-state index is 12.0. The summed E-state index contributed by atoms with van der Waals surface area (Å²) in [6.07, 6.45) is 1.78. The monoisotopic (exact) mass is 314 g/mol. The molecule has 1 heterocycles. The summed E-state index contributed by atoms with van der Waals surface area (Å²) >= 11 is 0. The van der Waals surface area contributed by atoms with Crippen molar-refractivity contribution in [3.05, 3.63) is 0 Å². The molecule has 0 aliphatic carbocycles. The van der Waals surface area contributed by atoms with Crippen LogP contribution in [0.4, 0.5) is 4.79 Å². The lowest BCUT2D eigenvalue weighted by molar-refractivity contribution is -0.122. The van der Waals surface area contributed by atoms with Crippen LogP contribution in [0.3, 0.4) is 0 Å². The minimum Gasteiger partial charge on any atom is -0.382 e. The van der Waals surface area contributed by atoms with Crippen LogP contribution in [0.5, 0.6) is 0 Å². The second-order valence-corrected chi connectivity index (χ2v) is 5.40. The van der Waals surface area contributed by atoms with Gasteiger partial charge in [0.05, 0.1) is 6.54 Å². The molecule has 0 aromatic rings. The predicted molar refractivity (Wildman–Crippen MR) is 85.8 cm³/mol. The molecule has 1 fully saturated rings. The first-order chi connectivity index (χ1) is 10.7. The van der Waals surface area contributed by atoms with E-state index >= 15 is 0 Å². The zero-order chi connectivity index (χ0) is 16.2. The average Bonchev–Trinajstić information content (AvgIpc) is 2.53. The van der Waals surface area contributed by atoms with Gasteiger partial charge < -0.3 is 20.3 Å². The van der Waals surface area contributed by atoms with Crippen molar-refractivity contribution < 1.29 is 14.3 Å². The van der Waals surface area contributed by atoms with Crippen LogP contribution in [0.2, 0.25) is 0 Å². The molecule has 0 saturated carbocycles. The van der Waals surface area contributed by atoms with E-state index in [0.29, 0.717) is 39.4 Å². The van der Waals surface area contributed by atoms with E-state index in [0.717, 1.165) is 32.5 Å². The molecule has 0 aromatic carbocycles. The van der Waals surface area contributed by atoms with Gasteiger partial charge in [-0.3, -0.25) is 9.69 Å². The van der Waals surface area contributed by atoms with E-state index in [1.165, 1.54) is 0 Å². The summed E-state index contributed by atoms with van der Waals surface area (Å²) in [6.45, 7) is 9.98. The molecule has 1 saturated heterocycles. The molecule has 7 nitrogen and oxygen atoms in total. The van der Waals surface area contributed by atoms with Crippen LogP contribution in [-0.2, 0) is 9.53 Å². The number of urea groups is 1. The van der Waals surface area contributed by atoms with Gasteiger partial charge >= 0.3 is 6.03 Å². The van der Waals surface area contributed by atoms with E-state index < -0.39 is 0 Å². The maximum Gasteiger partial charge on any atom is 0.317 e. The van der Waals surface area contributed by atoms with Crippen LogP contribution in [-0.4, -0.2) is 80.8 Å². The van der Waals surface area contributed by atoms with E-state index in [9.17, 15) is 9.59 Å². The number of amides is 3. The van der Waals surface area contributed by atoms with Gasteiger partial charge in [-0.25, -0.2) is 4.79 Å². The average molecular weight is 314 g/mol. The summed E-state index contributed by atoms with van der Waals surface area (Å²) in [5.74, 6) is 0.0654. The summed E-state index contributed by atoms with van der Waals surface area (Å²) in [4.78, 5) is 27.5. The maximum absolute atomic E-state index is 12.0. The van der Waals surface area contributed by atoms with E-state index in [-0.39, 0.29) is 11.9 Å². The topological polar surface area (TPSA) is 73.9 Å². The Morgan fingerprint density at radius 3 is 2.41 bits per heavy atom. The normalized spacial score (nSPS) is 15.6. The fourth-order valence-electron chi connectivity index (χ4n) is 2.26. The molecule has 0 aromatic heterocycles. The number of carbonyl (C=O) groups is 2. The van der Waals surface area contributed by atoms with Crippen molar-refractivity contribution in [1.29, 1.82) is 0 Å². The third-order valence-electron chi connectivity index (χ3n) is 3.54. The highest BCUT2D eigenvalue weighted by atomic mass is 16.5. The van der Waals surface area contributed by atoms with Crippen LogP contribution in [0, 0.1) is 0 Å². The van der Waals surface area contributed by atoms with Gasteiger partial charge in [-0.05, 0) is 19.8 Å². The Morgan fingerprint density at radius 2 is 1.77 bits per heavy atom. The third kappa shape index (κ3) is 7.61. The SMILES string of the molecule is CCCNC(=O)CN1CCN(C(=O)NCCCOCC)CC1. The van der Waals surface area contributed by atoms with Gasteiger partial charge in [0.2, 0.25) is 5.91 Å². The number of carbonyl (C=O) groups excluding carboxylic acids is 2. The molecule has 0 atom stereocenters. The van der Waals surface area contributed by atoms with Crippen molar-refractivity contribution in [1.82, 2.24) is 20.4 Å². The Balaban J connectivity index is 2.13. The zero-order valence-corrected chi connectivity index (χ0v) is 13.9. The van der Waals surface area contributed by atoms with Gasteiger partial charge in [0.15, 0.2) is 0 Å². The molecule has 1 aliphatic rings. The smallest absolute Gasteiger partial charge is 0.317 e. The van der Waals surface area contributed by atoms with Gasteiger partial charge in [0, 0.05) is 52.5 Å². The highest BCUT2D eigenvalue weighted by molar-refractivity contribution is 5.78. The van der Waals surface area contributed by atoms with Gasteiger partial charge in [0.1, 0.15) is 0 Å². The lowest BCUT2D eigenvalue weighted by Crippen LogP contribution is -2.53. The number of hydrogen-bond donors (Lipinski definition) is 2. The van der Waals surface area contributed by atoms with Crippen LogP contribution in [0.25, 0.3) is 0 Å². The second-order valence-electron chi connectivity index (χ2n) is 5.40. The Hall–Kier alpha value is -1.34. The van der Waals surface area contributed by atoms with E-state index in [1.54, 1.807) is 4.90 Å².